The highest BCUT2D eigenvalue weighted by Crippen LogP contribution is 2.33. The molecule has 4 aromatic rings. The van der Waals surface area contributed by atoms with Crippen molar-refractivity contribution in [3.05, 3.63) is 86.4 Å². The van der Waals surface area contributed by atoms with Gasteiger partial charge >= 0.3 is 5.97 Å². The van der Waals surface area contributed by atoms with Crippen LogP contribution in [-0.2, 0) is 4.74 Å². The Morgan fingerprint density at radius 2 is 1.94 bits per heavy atom. The van der Waals surface area contributed by atoms with E-state index in [1.165, 1.54) is 13.2 Å². The van der Waals surface area contributed by atoms with Gasteiger partial charge in [0.15, 0.2) is 22.6 Å². The maximum atomic E-state index is 13.2. The van der Waals surface area contributed by atoms with E-state index in [1.807, 2.05) is 19.1 Å². The number of methoxy groups -OCH3 is 1. The molecule has 0 N–H and O–H groups in total. The molecule has 0 aliphatic rings. The minimum atomic E-state index is -0.673. The van der Waals surface area contributed by atoms with Crippen LogP contribution in [0.5, 0.6) is 5.75 Å². The van der Waals surface area contributed by atoms with Crippen LogP contribution in [0.25, 0.3) is 22.4 Å². The normalized spacial score (nSPS) is 11.9. The third kappa shape index (κ3) is 4.32. The lowest BCUT2D eigenvalue weighted by Crippen LogP contribution is -2.13. The van der Waals surface area contributed by atoms with E-state index in [9.17, 15) is 9.59 Å². The summed E-state index contributed by atoms with van der Waals surface area (Å²) in [6, 6.07) is 12.2. The van der Waals surface area contributed by atoms with Crippen molar-refractivity contribution in [3.8, 4) is 17.2 Å². The number of hydrogen-bond acceptors (Lipinski definition) is 7. The van der Waals surface area contributed by atoms with Gasteiger partial charge in [0.05, 0.1) is 12.5 Å². The van der Waals surface area contributed by atoms with Crippen LogP contribution in [0.3, 0.4) is 0 Å². The molecule has 3 heterocycles. The van der Waals surface area contributed by atoms with Crippen LogP contribution in [0, 0.1) is 13.8 Å². The summed E-state index contributed by atoms with van der Waals surface area (Å²) in [5.41, 5.74) is 2.76. The van der Waals surface area contributed by atoms with Gasteiger partial charge in [-0.05, 0) is 62.7 Å². The summed E-state index contributed by atoms with van der Waals surface area (Å²) >= 11 is 5.95. The zero-order valence-electron chi connectivity index (χ0n) is 18.5. The molecule has 1 aromatic carbocycles. The Hall–Kier alpha value is -3.71. The lowest BCUT2D eigenvalue weighted by molar-refractivity contribution is 0.0586. The standard InChI is InChI=1S/C25H21ClN2O5/c1-13-11-16(15(3)32-19-8-9-20(26)28-21(19)25(30)31-4)24-17(12-13)22(29)14(2)23(33-24)18-7-5-6-10-27-18/h5-12,15H,1-4H3/t15-/m1/s1. The van der Waals surface area contributed by atoms with Crippen molar-refractivity contribution in [1.82, 2.24) is 9.97 Å². The van der Waals surface area contributed by atoms with Crippen LogP contribution in [0.1, 0.15) is 40.2 Å². The number of carbonyl (C=O) groups is 1. The van der Waals surface area contributed by atoms with Gasteiger partial charge in [-0.2, -0.15) is 0 Å². The summed E-state index contributed by atoms with van der Waals surface area (Å²) < 4.78 is 17.1. The van der Waals surface area contributed by atoms with Crippen LogP contribution >= 0.6 is 11.6 Å². The predicted octanol–water partition coefficient (Wildman–Crippen LogP) is 5.45. The van der Waals surface area contributed by atoms with Gasteiger partial charge in [0, 0.05) is 17.3 Å². The SMILES string of the molecule is COC(=O)c1nc(Cl)ccc1O[C@H](C)c1cc(C)cc2c(=O)c(C)c(-c3ccccn3)oc12. The summed E-state index contributed by atoms with van der Waals surface area (Å²) in [4.78, 5) is 33.7. The first-order valence-electron chi connectivity index (χ1n) is 10.2. The quantitative estimate of drug-likeness (QED) is 0.286. The molecule has 0 fully saturated rings. The maximum absolute atomic E-state index is 13.2. The number of carbonyl (C=O) groups excluding carboxylic acids is 1. The number of ether oxygens (including phenoxy) is 2. The molecule has 8 heteroatoms. The monoisotopic (exact) mass is 464 g/mol. The van der Waals surface area contributed by atoms with Crippen LogP contribution in [0.4, 0.5) is 0 Å². The topological polar surface area (TPSA) is 91.5 Å². The molecule has 0 saturated heterocycles. The molecule has 0 aliphatic heterocycles. The molecular weight excluding hydrogens is 444 g/mol. The highest BCUT2D eigenvalue weighted by molar-refractivity contribution is 6.29. The molecule has 0 bridgehead atoms. The predicted molar refractivity (Wildman–Crippen MR) is 125 cm³/mol. The zero-order valence-corrected chi connectivity index (χ0v) is 19.3. The van der Waals surface area contributed by atoms with Crippen molar-refractivity contribution in [3.63, 3.8) is 0 Å². The number of aromatic nitrogens is 2. The molecule has 1 atom stereocenters. The number of halogens is 1. The second-order valence-electron chi connectivity index (χ2n) is 7.56. The fourth-order valence-corrected chi connectivity index (χ4v) is 3.77. The summed E-state index contributed by atoms with van der Waals surface area (Å²) in [6.07, 6.45) is 1.05. The van der Waals surface area contributed by atoms with Crippen molar-refractivity contribution in [2.24, 2.45) is 0 Å². The van der Waals surface area contributed by atoms with E-state index in [0.29, 0.717) is 33.6 Å². The number of benzene rings is 1. The zero-order chi connectivity index (χ0) is 23.7. The number of rotatable bonds is 5. The Kier molecular flexibility index (Phi) is 6.16. The van der Waals surface area contributed by atoms with Crippen molar-refractivity contribution in [2.45, 2.75) is 26.9 Å². The smallest absolute Gasteiger partial charge is 0.360 e. The van der Waals surface area contributed by atoms with Crippen molar-refractivity contribution in [2.75, 3.05) is 7.11 Å². The van der Waals surface area contributed by atoms with Gasteiger partial charge < -0.3 is 13.9 Å². The number of hydrogen-bond donors (Lipinski definition) is 0. The van der Waals surface area contributed by atoms with E-state index in [2.05, 4.69) is 9.97 Å². The number of aryl methyl sites for hydroxylation is 1. The maximum Gasteiger partial charge on any atom is 0.360 e. The molecule has 0 unspecified atom stereocenters. The summed E-state index contributed by atoms with van der Waals surface area (Å²) in [7, 11) is 1.25. The molecule has 7 nitrogen and oxygen atoms in total. The van der Waals surface area contributed by atoms with Gasteiger partial charge in [0.1, 0.15) is 22.5 Å². The van der Waals surface area contributed by atoms with Crippen LogP contribution in [-0.4, -0.2) is 23.0 Å². The Balaban J connectivity index is 1.87. The minimum absolute atomic E-state index is 0.0414. The third-order valence-electron chi connectivity index (χ3n) is 5.23. The van der Waals surface area contributed by atoms with E-state index in [-0.39, 0.29) is 22.0 Å². The Morgan fingerprint density at radius 3 is 2.64 bits per heavy atom. The number of fused-ring (bicyclic) bond motifs is 1. The number of nitrogens with zero attached hydrogens (tertiary/aromatic N) is 2. The van der Waals surface area contributed by atoms with Gasteiger partial charge in [0.25, 0.3) is 0 Å². The molecule has 168 valence electrons. The van der Waals surface area contributed by atoms with E-state index < -0.39 is 12.1 Å². The molecular formula is C25H21ClN2O5. The summed E-state index contributed by atoms with van der Waals surface area (Å²) in [5.74, 6) is -0.0741. The molecule has 4 rings (SSSR count). The first kappa shape index (κ1) is 22.5. The number of pyridine rings is 2. The van der Waals surface area contributed by atoms with E-state index in [1.54, 1.807) is 44.3 Å². The third-order valence-corrected chi connectivity index (χ3v) is 5.44. The minimum Gasteiger partial charge on any atom is -0.483 e. The largest absolute Gasteiger partial charge is 0.483 e. The Labute approximate surface area is 195 Å². The highest BCUT2D eigenvalue weighted by atomic mass is 35.5. The van der Waals surface area contributed by atoms with E-state index in [4.69, 9.17) is 25.5 Å². The van der Waals surface area contributed by atoms with Gasteiger partial charge in [-0.1, -0.05) is 17.7 Å². The van der Waals surface area contributed by atoms with E-state index in [0.717, 1.165) is 5.56 Å². The lowest BCUT2D eigenvalue weighted by Gasteiger charge is -2.19. The molecule has 33 heavy (non-hydrogen) atoms. The molecule has 0 spiro atoms. The summed E-state index contributed by atoms with van der Waals surface area (Å²) in [5, 5.41) is 0.581. The van der Waals surface area contributed by atoms with Crippen molar-refractivity contribution in [1.29, 1.82) is 0 Å². The average Bonchev–Trinajstić information content (AvgIpc) is 2.82. The molecule has 3 aromatic heterocycles. The molecule has 0 saturated carbocycles. The Bertz CT molecular complexity index is 1420. The van der Waals surface area contributed by atoms with Crippen molar-refractivity contribution < 1.29 is 18.7 Å². The first-order chi connectivity index (χ1) is 15.8. The molecule has 0 amide bonds. The molecule has 0 aliphatic carbocycles. The van der Waals surface area contributed by atoms with Crippen LogP contribution in [0.2, 0.25) is 5.15 Å². The van der Waals surface area contributed by atoms with Gasteiger partial charge in [-0.3, -0.25) is 9.78 Å². The number of esters is 1. The molecule has 0 radical (unpaired) electrons. The second kappa shape index (κ2) is 9.03. The van der Waals surface area contributed by atoms with Crippen molar-refractivity contribution >= 4 is 28.5 Å². The fraction of sp³-hybridized carbons (Fsp3) is 0.200. The van der Waals surface area contributed by atoms with Gasteiger partial charge in [0.2, 0.25) is 0 Å². The highest BCUT2D eigenvalue weighted by Gasteiger charge is 2.23. The van der Waals surface area contributed by atoms with Crippen LogP contribution < -0.4 is 10.2 Å². The van der Waals surface area contributed by atoms with Gasteiger partial charge in [-0.15, -0.1) is 0 Å². The fourth-order valence-electron chi connectivity index (χ4n) is 3.63. The van der Waals surface area contributed by atoms with Gasteiger partial charge in [-0.25, -0.2) is 9.78 Å². The van der Waals surface area contributed by atoms with E-state index >= 15 is 0 Å². The van der Waals surface area contributed by atoms with Crippen LogP contribution in [0.15, 0.2) is 57.9 Å². The average molecular weight is 465 g/mol. The second-order valence-corrected chi connectivity index (χ2v) is 7.95. The Morgan fingerprint density at radius 1 is 1.15 bits per heavy atom. The first-order valence-corrected chi connectivity index (χ1v) is 10.6. The lowest BCUT2D eigenvalue weighted by atomic mass is 10.0. The summed E-state index contributed by atoms with van der Waals surface area (Å²) in [6.45, 7) is 5.41.